The number of fused-ring (bicyclic) bond motifs is 2. The largest absolute Gasteiger partial charge is 0.465 e. The molecule has 0 saturated carbocycles. The van der Waals surface area contributed by atoms with Gasteiger partial charge in [0.05, 0.1) is 23.3 Å². The molecule has 0 aliphatic carbocycles. The lowest BCUT2D eigenvalue weighted by atomic mass is 10.0. The standard InChI is InChI=1S/C21H23ClN2O3/c1-6-27-18(25)11-24-17-9-13(3)16(22)10-15(17)21(26)14-8-7-12(2)19(20(14)24)23(4)5/h7-10H,6,11H2,1-5H3. The summed E-state index contributed by atoms with van der Waals surface area (Å²) in [6, 6.07) is 7.29. The lowest BCUT2D eigenvalue weighted by molar-refractivity contribution is -0.143. The van der Waals surface area contributed by atoms with Crippen LogP contribution in [0.5, 0.6) is 0 Å². The highest BCUT2D eigenvalue weighted by Crippen LogP contribution is 2.32. The molecule has 0 aliphatic rings. The van der Waals surface area contributed by atoms with Crippen LogP contribution in [0.15, 0.2) is 29.1 Å². The summed E-state index contributed by atoms with van der Waals surface area (Å²) in [6.07, 6.45) is 0. The van der Waals surface area contributed by atoms with Gasteiger partial charge in [0.15, 0.2) is 5.43 Å². The van der Waals surface area contributed by atoms with Crippen LogP contribution in [0.4, 0.5) is 5.69 Å². The third-order valence-electron chi connectivity index (χ3n) is 4.72. The lowest BCUT2D eigenvalue weighted by Crippen LogP contribution is -2.21. The summed E-state index contributed by atoms with van der Waals surface area (Å²) in [5, 5.41) is 1.58. The minimum atomic E-state index is -0.345. The molecule has 0 radical (unpaired) electrons. The van der Waals surface area contributed by atoms with Crippen molar-refractivity contribution in [3.05, 3.63) is 50.6 Å². The fourth-order valence-corrected chi connectivity index (χ4v) is 3.70. The van der Waals surface area contributed by atoms with Gasteiger partial charge in [0.2, 0.25) is 0 Å². The lowest BCUT2D eigenvalue weighted by Gasteiger charge is -2.23. The Labute approximate surface area is 163 Å². The predicted molar refractivity (Wildman–Crippen MR) is 111 cm³/mol. The predicted octanol–water partition coefficient (Wildman–Crippen LogP) is 4.05. The molecule has 0 saturated heterocycles. The molecule has 3 aromatic rings. The zero-order valence-electron chi connectivity index (χ0n) is 16.2. The number of pyridine rings is 1. The van der Waals surface area contributed by atoms with Crippen LogP contribution < -0.4 is 10.3 Å². The second kappa shape index (κ2) is 7.24. The number of hydrogen-bond acceptors (Lipinski definition) is 4. The minimum absolute atomic E-state index is 0.0203. The molecule has 5 nitrogen and oxygen atoms in total. The molecule has 3 rings (SSSR count). The number of carbonyl (C=O) groups excluding carboxylic acids is 1. The highest BCUT2D eigenvalue weighted by molar-refractivity contribution is 6.32. The van der Waals surface area contributed by atoms with Crippen molar-refractivity contribution in [3.8, 4) is 0 Å². The maximum absolute atomic E-state index is 13.2. The van der Waals surface area contributed by atoms with Gasteiger partial charge in [-0.05, 0) is 50.1 Å². The van der Waals surface area contributed by atoms with Crippen LogP contribution in [0, 0.1) is 13.8 Å². The highest BCUT2D eigenvalue weighted by atomic mass is 35.5. The third-order valence-corrected chi connectivity index (χ3v) is 5.13. The average molecular weight is 387 g/mol. The Kier molecular flexibility index (Phi) is 5.16. The Morgan fingerprint density at radius 1 is 1.15 bits per heavy atom. The number of carbonyl (C=O) groups is 1. The molecular formula is C21H23ClN2O3. The monoisotopic (exact) mass is 386 g/mol. The van der Waals surface area contributed by atoms with E-state index in [-0.39, 0.29) is 17.9 Å². The second-order valence-corrected chi connectivity index (χ2v) is 7.27. The molecule has 0 atom stereocenters. The molecule has 1 aromatic heterocycles. The summed E-state index contributed by atoms with van der Waals surface area (Å²) in [4.78, 5) is 27.5. The average Bonchev–Trinajstić information content (AvgIpc) is 2.60. The molecule has 142 valence electrons. The first kappa shape index (κ1) is 19.2. The van der Waals surface area contributed by atoms with Gasteiger partial charge in [-0.3, -0.25) is 9.59 Å². The summed E-state index contributed by atoms with van der Waals surface area (Å²) in [5.74, 6) is -0.345. The second-order valence-electron chi connectivity index (χ2n) is 6.86. The van der Waals surface area contributed by atoms with Crippen LogP contribution >= 0.6 is 11.6 Å². The molecule has 0 fully saturated rings. The highest BCUT2D eigenvalue weighted by Gasteiger charge is 2.19. The molecule has 0 N–H and O–H groups in total. The molecule has 0 aliphatic heterocycles. The number of benzene rings is 2. The van der Waals surface area contributed by atoms with Crippen LogP contribution in [-0.2, 0) is 16.1 Å². The molecule has 2 aromatic carbocycles. The topological polar surface area (TPSA) is 51.5 Å². The van der Waals surface area contributed by atoms with Gasteiger partial charge in [-0.15, -0.1) is 0 Å². The maximum Gasteiger partial charge on any atom is 0.325 e. The summed E-state index contributed by atoms with van der Waals surface area (Å²) in [6.45, 7) is 5.98. The Balaban J connectivity index is 2.55. The fourth-order valence-electron chi connectivity index (χ4n) is 3.54. The van der Waals surface area contributed by atoms with Gasteiger partial charge in [0, 0.05) is 29.9 Å². The van der Waals surface area contributed by atoms with Crippen LogP contribution in [0.25, 0.3) is 21.8 Å². The van der Waals surface area contributed by atoms with Gasteiger partial charge in [-0.2, -0.15) is 0 Å². The number of esters is 1. The zero-order valence-corrected chi connectivity index (χ0v) is 17.0. The summed E-state index contributed by atoms with van der Waals surface area (Å²) in [5.41, 5.74) is 4.09. The first-order valence-corrected chi connectivity index (χ1v) is 9.23. The molecule has 1 heterocycles. The number of ether oxygens (including phenoxy) is 1. The minimum Gasteiger partial charge on any atom is -0.465 e. The van der Waals surface area contributed by atoms with Gasteiger partial charge in [0.1, 0.15) is 6.54 Å². The summed E-state index contributed by atoms with van der Waals surface area (Å²) >= 11 is 6.28. The van der Waals surface area contributed by atoms with E-state index < -0.39 is 0 Å². The Morgan fingerprint density at radius 3 is 2.48 bits per heavy atom. The Bertz CT molecular complexity index is 1120. The molecule has 0 unspecified atom stereocenters. The van der Waals surface area contributed by atoms with Crippen molar-refractivity contribution in [1.82, 2.24) is 4.57 Å². The molecule has 0 spiro atoms. The van der Waals surface area contributed by atoms with Crippen LogP contribution in [-0.4, -0.2) is 31.2 Å². The van der Waals surface area contributed by atoms with Crippen LogP contribution in [0.1, 0.15) is 18.1 Å². The summed E-state index contributed by atoms with van der Waals surface area (Å²) in [7, 11) is 3.86. The number of nitrogens with zero attached hydrogens (tertiary/aromatic N) is 2. The first-order chi connectivity index (χ1) is 12.8. The van der Waals surface area contributed by atoms with E-state index in [1.807, 2.05) is 55.6 Å². The van der Waals surface area contributed by atoms with E-state index in [0.29, 0.717) is 27.9 Å². The van der Waals surface area contributed by atoms with E-state index in [1.165, 1.54) is 0 Å². The van der Waals surface area contributed by atoms with Crippen molar-refractivity contribution in [1.29, 1.82) is 0 Å². The van der Waals surface area contributed by atoms with Gasteiger partial charge in [0.25, 0.3) is 0 Å². The van der Waals surface area contributed by atoms with Crippen molar-refractivity contribution < 1.29 is 9.53 Å². The Morgan fingerprint density at radius 2 is 1.85 bits per heavy atom. The summed E-state index contributed by atoms with van der Waals surface area (Å²) < 4.78 is 7.05. The molecule has 6 heteroatoms. The van der Waals surface area contributed by atoms with E-state index in [0.717, 1.165) is 22.3 Å². The number of halogens is 1. The number of aryl methyl sites for hydroxylation is 2. The molecular weight excluding hydrogens is 364 g/mol. The normalized spacial score (nSPS) is 11.2. The van der Waals surface area contributed by atoms with E-state index in [2.05, 4.69) is 0 Å². The van der Waals surface area contributed by atoms with E-state index in [4.69, 9.17) is 16.3 Å². The number of anilines is 1. The SMILES string of the molecule is CCOC(=O)Cn1c2cc(C)c(Cl)cc2c(=O)c2ccc(C)c(N(C)C)c21. The van der Waals surface area contributed by atoms with Crippen molar-refractivity contribution in [2.75, 3.05) is 25.6 Å². The molecule has 0 amide bonds. The van der Waals surface area contributed by atoms with Crippen molar-refractivity contribution >= 4 is 45.1 Å². The third kappa shape index (κ3) is 3.28. The van der Waals surface area contributed by atoms with Gasteiger partial charge < -0.3 is 14.2 Å². The smallest absolute Gasteiger partial charge is 0.325 e. The van der Waals surface area contributed by atoms with E-state index >= 15 is 0 Å². The quantitative estimate of drug-likeness (QED) is 0.501. The van der Waals surface area contributed by atoms with Crippen molar-refractivity contribution in [2.45, 2.75) is 27.3 Å². The fraction of sp³-hybridized carbons (Fsp3) is 0.333. The molecule has 27 heavy (non-hydrogen) atoms. The van der Waals surface area contributed by atoms with E-state index in [1.54, 1.807) is 13.0 Å². The van der Waals surface area contributed by atoms with Gasteiger partial charge in [-0.1, -0.05) is 17.7 Å². The maximum atomic E-state index is 13.2. The van der Waals surface area contributed by atoms with Crippen molar-refractivity contribution in [3.63, 3.8) is 0 Å². The molecule has 0 bridgehead atoms. The number of aromatic nitrogens is 1. The van der Waals surface area contributed by atoms with Crippen molar-refractivity contribution in [2.24, 2.45) is 0 Å². The first-order valence-electron chi connectivity index (χ1n) is 8.85. The van der Waals surface area contributed by atoms with E-state index in [9.17, 15) is 9.59 Å². The van der Waals surface area contributed by atoms with Gasteiger partial charge >= 0.3 is 5.97 Å². The van der Waals surface area contributed by atoms with Gasteiger partial charge in [-0.25, -0.2) is 0 Å². The Hall–Kier alpha value is -2.53. The van der Waals surface area contributed by atoms with Crippen LogP contribution in [0.3, 0.4) is 0 Å². The van der Waals surface area contributed by atoms with Crippen LogP contribution in [0.2, 0.25) is 5.02 Å². The number of rotatable bonds is 4. The zero-order chi connectivity index (χ0) is 19.9. The number of hydrogen-bond donors (Lipinski definition) is 0.